The van der Waals surface area contributed by atoms with Crippen LogP contribution in [-0.2, 0) is 4.79 Å². The molecule has 2 rings (SSSR count). The molecule has 92 valence electrons. The van der Waals surface area contributed by atoms with Crippen LogP contribution >= 0.6 is 11.6 Å². The second-order valence-electron chi connectivity index (χ2n) is 4.31. The Kier molecular flexibility index (Phi) is 4.16. The van der Waals surface area contributed by atoms with Gasteiger partial charge in [0.15, 0.2) is 0 Å². The lowest BCUT2D eigenvalue weighted by atomic mass is 9.88. The van der Waals surface area contributed by atoms with Crippen molar-refractivity contribution in [2.24, 2.45) is 0 Å². The lowest BCUT2D eigenvalue weighted by molar-refractivity contribution is -0.118. The predicted octanol–water partition coefficient (Wildman–Crippen LogP) is 4.34. The van der Waals surface area contributed by atoms with Gasteiger partial charge in [-0.15, -0.1) is 11.6 Å². The average molecular weight is 259 g/mol. The zero-order valence-electron chi connectivity index (χ0n) is 10.2. The van der Waals surface area contributed by atoms with Crippen molar-refractivity contribution in [1.82, 2.24) is 0 Å². The second kappa shape index (κ2) is 5.83. The number of halogens is 1. The van der Waals surface area contributed by atoms with E-state index in [9.17, 15) is 4.79 Å². The molecule has 2 heteroatoms. The van der Waals surface area contributed by atoms with E-state index >= 15 is 0 Å². The third kappa shape index (κ3) is 2.80. The van der Waals surface area contributed by atoms with E-state index in [-0.39, 0.29) is 17.1 Å². The van der Waals surface area contributed by atoms with Crippen LogP contribution in [0.25, 0.3) is 0 Å². The highest BCUT2D eigenvalue weighted by Crippen LogP contribution is 2.36. The molecular formula is C16H15ClO. The molecule has 0 aliphatic rings. The van der Waals surface area contributed by atoms with Gasteiger partial charge < -0.3 is 0 Å². The minimum atomic E-state index is -0.328. The van der Waals surface area contributed by atoms with Gasteiger partial charge in [0.2, 0.25) is 0 Å². The SMILES string of the molecule is CC(=O)[C@@H](c1ccccc1)[C@@H](Cl)c1ccccc1. The van der Waals surface area contributed by atoms with E-state index in [4.69, 9.17) is 11.6 Å². The molecule has 0 amide bonds. The fourth-order valence-electron chi connectivity index (χ4n) is 2.10. The van der Waals surface area contributed by atoms with Gasteiger partial charge >= 0.3 is 0 Å². The highest BCUT2D eigenvalue weighted by Gasteiger charge is 2.26. The Balaban J connectivity index is 2.35. The highest BCUT2D eigenvalue weighted by atomic mass is 35.5. The Morgan fingerprint density at radius 1 is 0.889 bits per heavy atom. The Morgan fingerprint density at radius 3 is 1.78 bits per heavy atom. The number of rotatable bonds is 4. The van der Waals surface area contributed by atoms with Crippen LogP contribution in [-0.4, -0.2) is 5.78 Å². The van der Waals surface area contributed by atoms with Gasteiger partial charge in [-0.2, -0.15) is 0 Å². The molecule has 0 bridgehead atoms. The first kappa shape index (κ1) is 12.8. The lowest BCUT2D eigenvalue weighted by Gasteiger charge is -2.20. The van der Waals surface area contributed by atoms with Gasteiger partial charge in [-0.1, -0.05) is 60.7 Å². The standard InChI is InChI=1S/C16H15ClO/c1-12(18)15(13-8-4-2-5-9-13)16(17)14-10-6-3-7-11-14/h2-11,15-16H,1H3/t15-,16-/m0/s1. The summed E-state index contributed by atoms with van der Waals surface area (Å²) in [4.78, 5) is 11.9. The third-order valence-electron chi connectivity index (χ3n) is 3.01. The molecule has 0 saturated heterocycles. The summed E-state index contributed by atoms with van der Waals surface area (Å²) in [5.41, 5.74) is 1.94. The van der Waals surface area contributed by atoms with Crippen molar-refractivity contribution < 1.29 is 4.79 Å². The topological polar surface area (TPSA) is 17.1 Å². The number of benzene rings is 2. The van der Waals surface area contributed by atoms with Crippen LogP contribution in [0.15, 0.2) is 60.7 Å². The summed E-state index contributed by atoms with van der Waals surface area (Å²) in [6, 6.07) is 19.4. The molecule has 0 N–H and O–H groups in total. The summed E-state index contributed by atoms with van der Waals surface area (Å²) in [7, 11) is 0. The molecule has 2 atom stereocenters. The quantitative estimate of drug-likeness (QED) is 0.746. The van der Waals surface area contributed by atoms with Crippen LogP contribution in [0.4, 0.5) is 0 Å². The van der Waals surface area contributed by atoms with Gasteiger partial charge in [-0.3, -0.25) is 4.79 Å². The largest absolute Gasteiger partial charge is 0.299 e. The molecule has 2 aromatic carbocycles. The van der Waals surface area contributed by atoms with Crippen molar-refractivity contribution >= 4 is 17.4 Å². The van der Waals surface area contributed by atoms with Crippen molar-refractivity contribution in [2.75, 3.05) is 0 Å². The van der Waals surface area contributed by atoms with Crippen molar-refractivity contribution in [3.05, 3.63) is 71.8 Å². The van der Waals surface area contributed by atoms with Crippen LogP contribution < -0.4 is 0 Å². The molecule has 1 nitrogen and oxygen atoms in total. The van der Waals surface area contributed by atoms with E-state index in [2.05, 4.69) is 0 Å². The fraction of sp³-hybridized carbons (Fsp3) is 0.188. The molecule has 0 radical (unpaired) electrons. The van der Waals surface area contributed by atoms with Crippen LogP contribution in [0.1, 0.15) is 29.3 Å². The van der Waals surface area contributed by atoms with Crippen LogP contribution in [0.5, 0.6) is 0 Å². The maximum absolute atomic E-state index is 11.9. The fourth-order valence-corrected chi connectivity index (χ4v) is 2.57. The third-order valence-corrected chi connectivity index (χ3v) is 3.51. The summed E-state index contributed by atoms with van der Waals surface area (Å²) in [6.45, 7) is 1.59. The van der Waals surface area contributed by atoms with E-state index in [0.717, 1.165) is 11.1 Å². The molecule has 2 aromatic rings. The van der Waals surface area contributed by atoms with Gasteiger partial charge in [0, 0.05) is 0 Å². The molecule has 0 aliphatic carbocycles. The second-order valence-corrected chi connectivity index (χ2v) is 4.78. The summed E-state index contributed by atoms with van der Waals surface area (Å²) in [6.07, 6.45) is 0. The van der Waals surface area contributed by atoms with Crippen LogP contribution in [0.2, 0.25) is 0 Å². The number of hydrogen-bond acceptors (Lipinski definition) is 1. The molecule has 0 fully saturated rings. The summed E-state index contributed by atoms with van der Waals surface area (Å²) in [5.74, 6) is -0.208. The van der Waals surface area contributed by atoms with E-state index < -0.39 is 0 Å². The first-order valence-electron chi connectivity index (χ1n) is 5.94. The van der Waals surface area contributed by atoms with Crippen molar-refractivity contribution in [1.29, 1.82) is 0 Å². The molecule has 0 saturated carbocycles. The van der Waals surface area contributed by atoms with Crippen LogP contribution in [0.3, 0.4) is 0 Å². The summed E-state index contributed by atoms with van der Waals surface area (Å²) < 4.78 is 0. The average Bonchev–Trinajstić information content (AvgIpc) is 2.40. The number of Topliss-reactive ketones (excluding diaryl/α,β-unsaturated/α-hetero) is 1. The van der Waals surface area contributed by atoms with Gasteiger partial charge in [0.1, 0.15) is 5.78 Å². The van der Waals surface area contributed by atoms with Gasteiger partial charge in [0.05, 0.1) is 11.3 Å². The number of hydrogen-bond donors (Lipinski definition) is 0. The normalized spacial score (nSPS) is 13.9. The van der Waals surface area contributed by atoms with Gasteiger partial charge in [-0.05, 0) is 18.1 Å². The molecule has 0 aromatic heterocycles. The Bertz CT molecular complexity index is 507. The maximum atomic E-state index is 11.9. The predicted molar refractivity (Wildman–Crippen MR) is 74.9 cm³/mol. The first-order chi connectivity index (χ1) is 8.70. The van der Waals surface area contributed by atoms with E-state index in [1.165, 1.54) is 0 Å². The van der Waals surface area contributed by atoms with E-state index in [0.29, 0.717) is 0 Å². The number of carbonyl (C=O) groups excluding carboxylic acids is 1. The van der Waals surface area contributed by atoms with E-state index in [1.807, 2.05) is 60.7 Å². The first-order valence-corrected chi connectivity index (χ1v) is 6.38. The smallest absolute Gasteiger partial charge is 0.139 e. The Morgan fingerprint density at radius 2 is 1.33 bits per heavy atom. The molecule has 0 heterocycles. The van der Waals surface area contributed by atoms with Gasteiger partial charge in [0.25, 0.3) is 0 Å². The number of ketones is 1. The number of alkyl halides is 1. The number of carbonyl (C=O) groups is 1. The maximum Gasteiger partial charge on any atom is 0.139 e. The van der Waals surface area contributed by atoms with E-state index in [1.54, 1.807) is 6.92 Å². The molecule has 0 unspecified atom stereocenters. The Hall–Kier alpha value is -1.60. The van der Waals surface area contributed by atoms with Crippen molar-refractivity contribution in [3.63, 3.8) is 0 Å². The zero-order chi connectivity index (χ0) is 13.0. The monoisotopic (exact) mass is 258 g/mol. The molecule has 18 heavy (non-hydrogen) atoms. The molecule has 0 aliphatic heterocycles. The Labute approximate surface area is 112 Å². The summed E-state index contributed by atoms with van der Waals surface area (Å²) >= 11 is 6.48. The molecular weight excluding hydrogens is 244 g/mol. The summed E-state index contributed by atoms with van der Waals surface area (Å²) in [5, 5.41) is -0.328. The minimum Gasteiger partial charge on any atom is -0.299 e. The zero-order valence-corrected chi connectivity index (χ0v) is 11.0. The molecule has 0 spiro atoms. The van der Waals surface area contributed by atoms with Gasteiger partial charge in [-0.25, -0.2) is 0 Å². The minimum absolute atomic E-state index is 0.0880. The highest BCUT2D eigenvalue weighted by molar-refractivity contribution is 6.23. The van der Waals surface area contributed by atoms with Crippen molar-refractivity contribution in [3.8, 4) is 0 Å². The van der Waals surface area contributed by atoms with Crippen molar-refractivity contribution in [2.45, 2.75) is 18.2 Å². The lowest BCUT2D eigenvalue weighted by Crippen LogP contribution is -2.14. The van der Waals surface area contributed by atoms with Crippen LogP contribution in [0, 0.1) is 0 Å².